The molecule has 1 fully saturated rings. The van der Waals surface area contributed by atoms with Gasteiger partial charge >= 0.3 is 0 Å². The molecule has 1 aliphatic heterocycles. The highest BCUT2D eigenvalue weighted by Gasteiger charge is 2.24. The van der Waals surface area contributed by atoms with E-state index in [0.717, 1.165) is 42.2 Å². The van der Waals surface area contributed by atoms with Crippen molar-refractivity contribution in [1.29, 1.82) is 0 Å². The molecule has 1 heterocycles. The minimum Gasteiger partial charge on any atom is -0.393 e. The number of anilines is 1. The summed E-state index contributed by atoms with van der Waals surface area (Å²) in [4.78, 5) is 2.30. The van der Waals surface area contributed by atoms with Gasteiger partial charge in [-0.2, -0.15) is 0 Å². The Hall–Kier alpha value is -0.770. The first-order chi connectivity index (χ1) is 8.63. The van der Waals surface area contributed by atoms with E-state index in [2.05, 4.69) is 4.90 Å². The molecule has 4 heteroatoms. The predicted octanol–water partition coefficient (Wildman–Crippen LogP) is 2.40. The van der Waals surface area contributed by atoms with E-state index in [1.807, 2.05) is 25.1 Å². The molecule has 0 bridgehead atoms. The summed E-state index contributed by atoms with van der Waals surface area (Å²) in [5, 5.41) is 10.4. The number of hydrogen-bond acceptors (Lipinski definition) is 3. The fraction of sp³-hybridized carbons (Fsp3) is 0.571. The molecule has 1 aromatic carbocycles. The van der Waals surface area contributed by atoms with Gasteiger partial charge in [0.05, 0.1) is 16.8 Å². The zero-order valence-electron chi connectivity index (χ0n) is 10.8. The highest BCUT2D eigenvalue weighted by molar-refractivity contribution is 6.33. The normalized spacial score (nSPS) is 19.0. The van der Waals surface area contributed by atoms with Gasteiger partial charge in [-0.15, -0.1) is 0 Å². The zero-order chi connectivity index (χ0) is 13.1. The molecule has 3 N–H and O–H groups in total. The molecule has 2 rings (SSSR count). The smallest absolute Gasteiger partial charge is 0.0642 e. The molecule has 1 unspecified atom stereocenters. The standard InChI is InChI=1S/C14H21ClN2O/c1-10(18)11-5-7-17(8-6-11)14-12(9-16)3-2-4-13(14)15/h2-4,10-11,18H,5-9,16H2,1H3. The Bertz CT molecular complexity index is 401. The molecule has 18 heavy (non-hydrogen) atoms. The van der Waals surface area contributed by atoms with Crippen LogP contribution in [0.1, 0.15) is 25.3 Å². The maximum Gasteiger partial charge on any atom is 0.0642 e. The first kappa shape index (κ1) is 13.7. The van der Waals surface area contributed by atoms with Crippen molar-refractivity contribution >= 4 is 17.3 Å². The zero-order valence-corrected chi connectivity index (χ0v) is 11.5. The Kier molecular flexibility index (Phi) is 4.49. The minimum atomic E-state index is -0.215. The Balaban J connectivity index is 2.14. The van der Waals surface area contributed by atoms with Gasteiger partial charge in [0.25, 0.3) is 0 Å². The molecular formula is C14H21ClN2O. The molecule has 0 aromatic heterocycles. The number of nitrogens with zero attached hydrogens (tertiary/aromatic N) is 1. The summed E-state index contributed by atoms with van der Waals surface area (Å²) >= 11 is 6.29. The van der Waals surface area contributed by atoms with E-state index in [1.165, 1.54) is 0 Å². The van der Waals surface area contributed by atoms with Gasteiger partial charge in [0, 0.05) is 19.6 Å². The van der Waals surface area contributed by atoms with Crippen LogP contribution in [0.2, 0.25) is 5.02 Å². The van der Waals surface area contributed by atoms with Crippen LogP contribution in [-0.4, -0.2) is 24.3 Å². The second-order valence-electron chi connectivity index (χ2n) is 5.02. The van der Waals surface area contributed by atoms with Crippen LogP contribution in [0.15, 0.2) is 18.2 Å². The fourth-order valence-corrected chi connectivity index (χ4v) is 3.00. The summed E-state index contributed by atoms with van der Waals surface area (Å²) in [5.41, 5.74) is 7.95. The second kappa shape index (κ2) is 5.91. The highest BCUT2D eigenvalue weighted by Crippen LogP contribution is 2.33. The summed E-state index contributed by atoms with van der Waals surface area (Å²) in [5.74, 6) is 0.407. The van der Waals surface area contributed by atoms with Crippen molar-refractivity contribution in [2.24, 2.45) is 11.7 Å². The number of para-hydroxylation sites is 1. The van der Waals surface area contributed by atoms with Crippen LogP contribution in [0.3, 0.4) is 0 Å². The average molecular weight is 269 g/mol. The maximum atomic E-state index is 9.62. The van der Waals surface area contributed by atoms with Gasteiger partial charge in [0.1, 0.15) is 0 Å². The molecule has 0 aliphatic carbocycles. The number of hydrogen-bond donors (Lipinski definition) is 2. The van der Waals surface area contributed by atoms with Crippen LogP contribution >= 0.6 is 11.6 Å². The van der Waals surface area contributed by atoms with Gasteiger partial charge in [0.2, 0.25) is 0 Å². The average Bonchev–Trinajstić information content (AvgIpc) is 2.38. The van der Waals surface area contributed by atoms with Crippen molar-refractivity contribution < 1.29 is 5.11 Å². The maximum absolute atomic E-state index is 9.62. The van der Waals surface area contributed by atoms with E-state index in [-0.39, 0.29) is 6.10 Å². The Morgan fingerprint density at radius 1 is 1.44 bits per heavy atom. The van der Waals surface area contributed by atoms with Crippen molar-refractivity contribution in [3.8, 4) is 0 Å². The first-order valence-electron chi connectivity index (χ1n) is 6.54. The van der Waals surface area contributed by atoms with Crippen LogP contribution < -0.4 is 10.6 Å². The van der Waals surface area contributed by atoms with Gasteiger partial charge in [0.15, 0.2) is 0 Å². The number of rotatable bonds is 3. The third-order valence-corrected chi connectivity index (χ3v) is 4.13. The van der Waals surface area contributed by atoms with Crippen molar-refractivity contribution in [1.82, 2.24) is 0 Å². The lowest BCUT2D eigenvalue weighted by molar-refractivity contribution is 0.110. The molecule has 1 saturated heterocycles. The highest BCUT2D eigenvalue weighted by atomic mass is 35.5. The number of halogens is 1. The Labute approximate surface area is 114 Å². The van der Waals surface area contributed by atoms with Crippen LogP contribution in [0.25, 0.3) is 0 Å². The summed E-state index contributed by atoms with van der Waals surface area (Å²) in [6, 6.07) is 5.88. The van der Waals surface area contributed by atoms with E-state index in [9.17, 15) is 5.11 Å². The number of benzene rings is 1. The molecular weight excluding hydrogens is 248 g/mol. The Morgan fingerprint density at radius 3 is 2.67 bits per heavy atom. The number of aliphatic hydroxyl groups excluding tert-OH is 1. The summed E-state index contributed by atoms with van der Waals surface area (Å²) in [6.45, 7) is 4.26. The third-order valence-electron chi connectivity index (χ3n) is 3.83. The minimum absolute atomic E-state index is 0.215. The van der Waals surface area contributed by atoms with Crippen LogP contribution in [0, 0.1) is 5.92 Å². The van der Waals surface area contributed by atoms with Crippen molar-refractivity contribution in [3.63, 3.8) is 0 Å². The van der Waals surface area contributed by atoms with E-state index in [0.29, 0.717) is 12.5 Å². The third kappa shape index (κ3) is 2.79. The topological polar surface area (TPSA) is 49.5 Å². The van der Waals surface area contributed by atoms with E-state index in [4.69, 9.17) is 17.3 Å². The quantitative estimate of drug-likeness (QED) is 0.885. The monoisotopic (exact) mass is 268 g/mol. The van der Waals surface area contributed by atoms with Gasteiger partial charge in [-0.1, -0.05) is 23.7 Å². The predicted molar refractivity (Wildman–Crippen MR) is 76.0 cm³/mol. The fourth-order valence-electron chi connectivity index (χ4n) is 2.68. The second-order valence-corrected chi connectivity index (χ2v) is 5.42. The first-order valence-corrected chi connectivity index (χ1v) is 6.91. The SMILES string of the molecule is CC(O)C1CCN(c2c(Cl)cccc2CN)CC1. The van der Waals surface area contributed by atoms with E-state index < -0.39 is 0 Å². The summed E-state index contributed by atoms with van der Waals surface area (Å²) < 4.78 is 0. The summed E-state index contributed by atoms with van der Waals surface area (Å²) in [7, 11) is 0. The molecule has 1 atom stereocenters. The molecule has 0 saturated carbocycles. The van der Waals surface area contributed by atoms with Crippen molar-refractivity contribution in [2.75, 3.05) is 18.0 Å². The molecule has 1 aliphatic rings. The van der Waals surface area contributed by atoms with Gasteiger partial charge in [-0.05, 0) is 37.3 Å². The van der Waals surface area contributed by atoms with E-state index in [1.54, 1.807) is 0 Å². The lowest BCUT2D eigenvalue weighted by atomic mass is 9.91. The number of piperidine rings is 1. The molecule has 0 amide bonds. The van der Waals surface area contributed by atoms with Crippen LogP contribution in [0.4, 0.5) is 5.69 Å². The van der Waals surface area contributed by atoms with Crippen molar-refractivity contribution in [2.45, 2.75) is 32.4 Å². The molecule has 3 nitrogen and oxygen atoms in total. The lowest BCUT2D eigenvalue weighted by Crippen LogP contribution is -2.37. The van der Waals surface area contributed by atoms with Gasteiger partial charge in [-0.25, -0.2) is 0 Å². The van der Waals surface area contributed by atoms with Crippen molar-refractivity contribution in [3.05, 3.63) is 28.8 Å². The largest absolute Gasteiger partial charge is 0.393 e. The molecule has 0 spiro atoms. The number of aliphatic hydroxyl groups is 1. The van der Waals surface area contributed by atoms with Crippen LogP contribution in [0.5, 0.6) is 0 Å². The summed E-state index contributed by atoms with van der Waals surface area (Å²) in [6.07, 6.45) is 1.80. The van der Waals surface area contributed by atoms with Gasteiger partial charge < -0.3 is 15.7 Å². The molecule has 100 valence electrons. The Morgan fingerprint density at radius 2 is 2.11 bits per heavy atom. The number of nitrogens with two attached hydrogens (primary N) is 1. The molecule has 0 radical (unpaired) electrons. The molecule has 1 aromatic rings. The van der Waals surface area contributed by atoms with Gasteiger partial charge in [-0.3, -0.25) is 0 Å². The van der Waals surface area contributed by atoms with Crippen LogP contribution in [-0.2, 0) is 6.54 Å². The lowest BCUT2D eigenvalue weighted by Gasteiger charge is -2.36. The van der Waals surface area contributed by atoms with E-state index >= 15 is 0 Å².